The first-order valence-corrected chi connectivity index (χ1v) is 10.1. The molecule has 1 unspecified atom stereocenters. The normalized spacial score (nSPS) is 14.5. The first kappa shape index (κ1) is 25.6. The molecule has 0 aliphatic heterocycles. The van der Waals surface area contributed by atoms with Gasteiger partial charge in [0.1, 0.15) is 17.7 Å². The van der Waals surface area contributed by atoms with Crippen LogP contribution in [0.3, 0.4) is 0 Å². The highest BCUT2D eigenvalue weighted by molar-refractivity contribution is 5.66. The van der Waals surface area contributed by atoms with Crippen molar-refractivity contribution in [2.24, 2.45) is 5.92 Å². The van der Waals surface area contributed by atoms with Crippen LogP contribution in [0.4, 0.5) is 8.78 Å². The summed E-state index contributed by atoms with van der Waals surface area (Å²) >= 11 is 0. The summed E-state index contributed by atoms with van der Waals surface area (Å²) in [5.41, 5.74) is 0.104. The van der Waals surface area contributed by atoms with Gasteiger partial charge in [0.25, 0.3) is 0 Å². The van der Waals surface area contributed by atoms with E-state index in [4.69, 9.17) is 5.11 Å². The Balaban J connectivity index is 2.36. The van der Waals surface area contributed by atoms with Crippen LogP contribution in [-0.2, 0) is 4.79 Å². The maximum atomic E-state index is 13.1. The highest BCUT2D eigenvalue weighted by atomic mass is 19.1. The number of rotatable bonds is 12. The number of carboxylic acids is 1. The van der Waals surface area contributed by atoms with E-state index in [1.165, 1.54) is 6.08 Å². The summed E-state index contributed by atoms with van der Waals surface area (Å²) in [5, 5.41) is 38.6. The summed E-state index contributed by atoms with van der Waals surface area (Å²) in [5.74, 6) is 2.54. The van der Waals surface area contributed by atoms with Gasteiger partial charge >= 0.3 is 5.97 Å². The Morgan fingerprint density at radius 1 is 1.07 bits per heavy atom. The van der Waals surface area contributed by atoms with Crippen LogP contribution in [0.1, 0.15) is 63.9 Å². The first-order chi connectivity index (χ1) is 14.2. The maximum Gasteiger partial charge on any atom is 0.303 e. The summed E-state index contributed by atoms with van der Waals surface area (Å²) in [6.45, 7) is 1.88. The molecule has 0 radical (unpaired) electrons. The number of hydrogen-bond acceptors (Lipinski definition) is 4. The molecule has 7 heteroatoms. The van der Waals surface area contributed by atoms with Crippen molar-refractivity contribution in [3.63, 3.8) is 0 Å². The Hall–Kier alpha value is -2.43. The molecule has 0 aliphatic carbocycles. The smallest absolute Gasteiger partial charge is 0.303 e. The molecule has 0 fully saturated rings. The molecule has 1 aromatic rings. The molecule has 0 bridgehead atoms. The topological polar surface area (TPSA) is 98.0 Å². The summed E-state index contributed by atoms with van der Waals surface area (Å²) < 4.78 is 26.2. The lowest BCUT2D eigenvalue weighted by Crippen LogP contribution is -2.18. The molecule has 1 aromatic carbocycles. The van der Waals surface area contributed by atoms with Crippen LogP contribution in [0.5, 0.6) is 0 Å². The molecular weight excluding hydrogens is 394 g/mol. The number of aliphatic hydroxyl groups is 3. The summed E-state index contributed by atoms with van der Waals surface area (Å²) in [7, 11) is 0. The fourth-order valence-electron chi connectivity index (χ4n) is 2.89. The van der Waals surface area contributed by atoms with E-state index in [-0.39, 0.29) is 36.5 Å². The quantitative estimate of drug-likeness (QED) is 0.228. The molecule has 0 saturated carbocycles. The fraction of sp³-hybridized carbons (Fsp3) is 0.522. The Bertz CT molecular complexity index is 746. The van der Waals surface area contributed by atoms with E-state index in [0.717, 1.165) is 43.9 Å². The van der Waals surface area contributed by atoms with Gasteiger partial charge in [0.15, 0.2) is 0 Å². The Labute approximate surface area is 176 Å². The van der Waals surface area contributed by atoms with Crippen LogP contribution in [-0.4, -0.2) is 38.6 Å². The van der Waals surface area contributed by atoms with Gasteiger partial charge in [0.05, 0.1) is 11.9 Å². The van der Waals surface area contributed by atoms with E-state index in [2.05, 4.69) is 11.8 Å². The molecular formula is C23H30F2O5. The molecule has 4 N–H and O–H groups in total. The second-order valence-electron chi connectivity index (χ2n) is 7.47. The number of halogens is 2. The molecule has 30 heavy (non-hydrogen) atoms. The molecule has 166 valence electrons. The van der Waals surface area contributed by atoms with Gasteiger partial charge in [-0.1, -0.05) is 38.0 Å². The molecule has 0 saturated heterocycles. The number of aliphatic carboxylic acids is 1. The molecule has 0 aromatic heterocycles. The minimum atomic E-state index is -1.13. The Morgan fingerprint density at radius 2 is 1.70 bits per heavy atom. The van der Waals surface area contributed by atoms with Crippen molar-refractivity contribution in [2.75, 3.05) is 0 Å². The van der Waals surface area contributed by atoms with E-state index in [0.29, 0.717) is 6.42 Å². The van der Waals surface area contributed by atoms with Crippen molar-refractivity contribution >= 4 is 5.97 Å². The first-order valence-electron chi connectivity index (χ1n) is 10.1. The average molecular weight is 424 g/mol. The van der Waals surface area contributed by atoms with Crippen molar-refractivity contribution < 1.29 is 34.0 Å². The Kier molecular flexibility index (Phi) is 11.7. The fourth-order valence-corrected chi connectivity index (χ4v) is 2.89. The maximum absolute atomic E-state index is 13.1. The van der Waals surface area contributed by atoms with E-state index >= 15 is 0 Å². The lowest BCUT2D eigenvalue weighted by molar-refractivity contribution is -0.137. The van der Waals surface area contributed by atoms with Crippen LogP contribution < -0.4 is 0 Å². The zero-order valence-corrected chi connectivity index (χ0v) is 17.2. The number of carboxylic acid groups (broad SMARTS) is 1. The number of carbonyl (C=O) groups is 1. The molecule has 0 aliphatic rings. The second kappa shape index (κ2) is 13.7. The van der Waals surface area contributed by atoms with Crippen LogP contribution in [0.25, 0.3) is 0 Å². The third-order valence-corrected chi connectivity index (χ3v) is 4.70. The van der Waals surface area contributed by atoms with Gasteiger partial charge in [-0.2, -0.15) is 0 Å². The van der Waals surface area contributed by atoms with Crippen molar-refractivity contribution in [3.8, 4) is 11.8 Å². The summed E-state index contributed by atoms with van der Waals surface area (Å²) in [6, 6.07) is 2.84. The van der Waals surface area contributed by atoms with E-state index in [1.807, 2.05) is 6.92 Å². The van der Waals surface area contributed by atoms with Gasteiger partial charge in [-0.3, -0.25) is 4.79 Å². The van der Waals surface area contributed by atoms with Crippen LogP contribution in [0.2, 0.25) is 0 Å². The highest BCUT2D eigenvalue weighted by Gasteiger charge is 2.15. The van der Waals surface area contributed by atoms with Gasteiger partial charge < -0.3 is 20.4 Å². The largest absolute Gasteiger partial charge is 0.513 e. The Morgan fingerprint density at radius 3 is 2.33 bits per heavy atom. The zero-order chi connectivity index (χ0) is 22.5. The molecule has 3 atom stereocenters. The van der Waals surface area contributed by atoms with Gasteiger partial charge in [-0.15, -0.1) is 0 Å². The number of aliphatic hydroxyl groups excluding tert-OH is 3. The lowest BCUT2D eigenvalue weighted by Gasteiger charge is -2.18. The lowest BCUT2D eigenvalue weighted by atomic mass is 9.94. The van der Waals surface area contributed by atoms with Crippen LogP contribution >= 0.6 is 0 Å². The number of unbranched alkanes of at least 4 members (excludes halogenated alkanes) is 3. The van der Waals surface area contributed by atoms with Crippen LogP contribution in [0.15, 0.2) is 30.0 Å². The molecule has 1 rings (SSSR count). The molecule has 0 spiro atoms. The van der Waals surface area contributed by atoms with Gasteiger partial charge in [-0.25, -0.2) is 8.78 Å². The van der Waals surface area contributed by atoms with Crippen LogP contribution in [0, 0.1) is 29.4 Å². The molecule has 0 heterocycles. The minimum Gasteiger partial charge on any atom is -0.513 e. The van der Waals surface area contributed by atoms with Gasteiger partial charge in [0.2, 0.25) is 0 Å². The van der Waals surface area contributed by atoms with Gasteiger partial charge in [-0.05, 0) is 37.0 Å². The highest BCUT2D eigenvalue weighted by Crippen LogP contribution is 2.19. The third kappa shape index (κ3) is 11.5. The molecule has 0 amide bonds. The van der Waals surface area contributed by atoms with E-state index < -0.39 is 29.8 Å². The minimum absolute atomic E-state index is 0.0152. The summed E-state index contributed by atoms with van der Waals surface area (Å²) in [6.07, 6.45) is 3.76. The SMILES string of the molecule is C[C@@H](CCCCCCC(=O)O)[C@@H](O)C/C(O)=C/CC(O)C#Cc1cc(F)cc(F)c1. The monoisotopic (exact) mass is 424 g/mol. The van der Waals surface area contributed by atoms with E-state index in [9.17, 15) is 28.9 Å². The zero-order valence-electron chi connectivity index (χ0n) is 17.2. The third-order valence-electron chi connectivity index (χ3n) is 4.70. The predicted octanol–water partition coefficient (Wildman–Crippen LogP) is 4.32. The van der Waals surface area contributed by atoms with Crippen molar-refractivity contribution in [1.29, 1.82) is 0 Å². The average Bonchev–Trinajstić information content (AvgIpc) is 2.66. The number of hydrogen-bond donors (Lipinski definition) is 4. The molecule has 5 nitrogen and oxygen atoms in total. The van der Waals surface area contributed by atoms with Gasteiger partial charge in [0, 0.05) is 30.9 Å². The van der Waals surface area contributed by atoms with E-state index in [1.54, 1.807) is 0 Å². The van der Waals surface area contributed by atoms with Crippen molar-refractivity contribution in [1.82, 2.24) is 0 Å². The standard InChI is InChI=1S/C23H30F2O5/c1-16(6-4-2-3-5-7-23(29)30)22(28)15-21(27)11-10-20(26)9-8-17-12-18(24)14-19(25)13-17/h11-14,16,20,22,26-28H,2-7,10,15H2,1H3,(H,29,30)/b21-11-/t16-,20?,22-/m0/s1. The predicted molar refractivity (Wildman–Crippen MR) is 110 cm³/mol. The van der Waals surface area contributed by atoms with Crippen molar-refractivity contribution in [3.05, 3.63) is 47.2 Å². The number of benzene rings is 1. The second-order valence-corrected chi connectivity index (χ2v) is 7.47. The van der Waals surface area contributed by atoms with Crippen molar-refractivity contribution in [2.45, 2.75) is 70.5 Å². The summed E-state index contributed by atoms with van der Waals surface area (Å²) in [4.78, 5) is 10.4.